The Morgan fingerprint density at radius 3 is 2.53 bits per heavy atom. The minimum Gasteiger partial charge on any atom is -0.390 e. The second-order valence-electron chi connectivity index (χ2n) is 8.59. The number of nitrogens with zero attached hydrogens (tertiary/aromatic N) is 1. The number of rotatable bonds is 11. The van der Waals surface area contributed by atoms with Gasteiger partial charge in [0.2, 0.25) is 0 Å². The first-order chi connectivity index (χ1) is 16.3. The standard InChI is InChI=1S/C25H38N4O4S/c1-3-26-18-24(30)23(14-19-10-6-5-7-11-19)28-25(31)20-15-21(27-4-2)17-22(16-20)29-12-8-9-13-34(29,32)33/h5-7,10-11,15-17,23-24,26-27,30,32-33H,3-4,8-9,12-14,18H2,1-2H3,(H,28,31)/t23-,24+/m0/s1. The molecular weight excluding hydrogens is 452 g/mol. The summed E-state index contributed by atoms with van der Waals surface area (Å²) in [5.74, 6) is 0.0152. The second kappa shape index (κ2) is 12.4. The highest BCUT2D eigenvalue weighted by molar-refractivity contribution is 8.25. The molecule has 0 spiro atoms. The Balaban J connectivity index is 1.86. The van der Waals surface area contributed by atoms with Crippen molar-refractivity contribution in [2.75, 3.05) is 41.6 Å². The summed E-state index contributed by atoms with van der Waals surface area (Å²) in [7, 11) is -2.91. The van der Waals surface area contributed by atoms with Crippen molar-refractivity contribution >= 4 is 28.1 Å². The van der Waals surface area contributed by atoms with E-state index in [9.17, 15) is 19.0 Å². The number of aliphatic hydroxyl groups is 1. The van der Waals surface area contributed by atoms with Gasteiger partial charge in [0.25, 0.3) is 5.91 Å². The van der Waals surface area contributed by atoms with Crippen LogP contribution in [-0.4, -0.2) is 64.2 Å². The Hall–Kier alpha value is -2.30. The zero-order chi connectivity index (χ0) is 24.6. The zero-order valence-electron chi connectivity index (χ0n) is 20.0. The van der Waals surface area contributed by atoms with Crippen LogP contribution in [0.3, 0.4) is 0 Å². The lowest BCUT2D eigenvalue weighted by molar-refractivity contribution is 0.0832. The van der Waals surface area contributed by atoms with E-state index in [2.05, 4.69) is 16.0 Å². The van der Waals surface area contributed by atoms with E-state index >= 15 is 0 Å². The van der Waals surface area contributed by atoms with Crippen LogP contribution in [0, 0.1) is 0 Å². The summed E-state index contributed by atoms with van der Waals surface area (Å²) in [6.07, 6.45) is 1.35. The van der Waals surface area contributed by atoms with E-state index in [1.165, 1.54) is 0 Å². The Bertz CT molecular complexity index is 928. The third-order valence-electron chi connectivity index (χ3n) is 5.91. The summed E-state index contributed by atoms with van der Waals surface area (Å²) in [4.78, 5) is 13.4. The highest BCUT2D eigenvalue weighted by Gasteiger charge is 2.28. The Morgan fingerprint density at radius 2 is 1.85 bits per heavy atom. The molecule has 0 radical (unpaired) electrons. The van der Waals surface area contributed by atoms with Gasteiger partial charge in [-0.2, -0.15) is 0 Å². The largest absolute Gasteiger partial charge is 0.390 e. The van der Waals surface area contributed by atoms with E-state index in [-0.39, 0.29) is 5.91 Å². The molecular formula is C25H38N4O4S. The first kappa shape index (κ1) is 26.3. The van der Waals surface area contributed by atoms with Crippen molar-refractivity contribution in [3.63, 3.8) is 0 Å². The van der Waals surface area contributed by atoms with Crippen molar-refractivity contribution in [1.82, 2.24) is 10.6 Å². The smallest absolute Gasteiger partial charge is 0.251 e. The van der Waals surface area contributed by atoms with Gasteiger partial charge < -0.3 is 21.1 Å². The molecule has 0 saturated carbocycles. The molecule has 1 aliphatic rings. The van der Waals surface area contributed by atoms with E-state index in [0.717, 1.165) is 30.6 Å². The lowest BCUT2D eigenvalue weighted by Crippen LogP contribution is -2.48. The van der Waals surface area contributed by atoms with E-state index in [0.29, 0.717) is 43.1 Å². The first-order valence-corrected chi connectivity index (χ1v) is 13.7. The molecule has 8 nitrogen and oxygen atoms in total. The van der Waals surface area contributed by atoms with Crippen LogP contribution in [0.4, 0.5) is 11.4 Å². The number of nitrogens with one attached hydrogen (secondary N) is 3. The van der Waals surface area contributed by atoms with Gasteiger partial charge in [0.1, 0.15) is 0 Å². The number of anilines is 2. The number of likely N-dealkylation sites (N-methyl/N-ethyl adjacent to an activating group) is 1. The molecule has 1 saturated heterocycles. The van der Waals surface area contributed by atoms with Crippen LogP contribution < -0.4 is 20.3 Å². The fraction of sp³-hybridized carbons (Fsp3) is 0.480. The van der Waals surface area contributed by atoms with Crippen LogP contribution in [0.2, 0.25) is 0 Å². The Labute approximate surface area is 204 Å². The van der Waals surface area contributed by atoms with Gasteiger partial charge in [-0.15, -0.1) is 10.8 Å². The number of hydrogen-bond donors (Lipinski definition) is 6. The molecule has 1 fully saturated rings. The van der Waals surface area contributed by atoms with Gasteiger partial charge in [0, 0.05) is 30.9 Å². The average Bonchev–Trinajstić information content (AvgIpc) is 2.82. The lowest BCUT2D eigenvalue weighted by Gasteiger charge is -2.47. The second-order valence-corrected chi connectivity index (χ2v) is 10.7. The highest BCUT2D eigenvalue weighted by atomic mass is 32.3. The maximum Gasteiger partial charge on any atom is 0.251 e. The molecule has 2 atom stereocenters. The van der Waals surface area contributed by atoms with Crippen LogP contribution in [0.5, 0.6) is 0 Å². The molecule has 9 heteroatoms. The van der Waals surface area contributed by atoms with Crippen LogP contribution in [0.15, 0.2) is 48.5 Å². The summed E-state index contributed by atoms with van der Waals surface area (Å²) in [6.45, 7) is 6.21. The summed E-state index contributed by atoms with van der Waals surface area (Å²) >= 11 is 0. The summed E-state index contributed by atoms with van der Waals surface area (Å²) in [5.41, 5.74) is 2.77. The number of carbonyl (C=O) groups is 1. The quantitative estimate of drug-likeness (QED) is 0.284. The van der Waals surface area contributed by atoms with Gasteiger partial charge >= 0.3 is 0 Å². The van der Waals surface area contributed by atoms with Gasteiger partial charge in [0.15, 0.2) is 0 Å². The Morgan fingerprint density at radius 1 is 1.09 bits per heavy atom. The molecule has 34 heavy (non-hydrogen) atoms. The van der Waals surface area contributed by atoms with Crippen LogP contribution >= 0.6 is 10.8 Å². The molecule has 3 rings (SSSR count). The van der Waals surface area contributed by atoms with E-state index in [1.807, 2.05) is 50.2 Å². The van der Waals surface area contributed by atoms with E-state index in [4.69, 9.17) is 0 Å². The number of carbonyl (C=O) groups excluding carboxylic acids is 1. The van der Waals surface area contributed by atoms with E-state index in [1.54, 1.807) is 16.4 Å². The lowest BCUT2D eigenvalue weighted by atomic mass is 10.00. The van der Waals surface area contributed by atoms with Gasteiger partial charge in [-0.25, -0.2) is 0 Å². The molecule has 6 N–H and O–H groups in total. The third-order valence-corrected chi connectivity index (χ3v) is 7.85. The molecule has 1 heterocycles. The normalized spacial score (nSPS) is 18.1. The topological polar surface area (TPSA) is 117 Å². The number of hydrogen-bond acceptors (Lipinski definition) is 7. The molecule has 0 unspecified atom stereocenters. The summed E-state index contributed by atoms with van der Waals surface area (Å²) < 4.78 is 22.8. The van der Waals surface area contributed by atoms with Crippen molar-refractivity contribution < 1.29 is 19.0 Å². The van der Waals surface area contributed by atoms with Gasteiger partial charge in [0.05, 0.1) is 23.6 Å². The molecule has 0 aromatic heterocycles. The predicted molar refractivity (Wildman–Crippen MR) is 141 cm³/mol. The molecule has 0 aliphatic carbocycles. The molecule has 0 bridgehead atoms. The first-order valence-electron chi connectivity index (χ1n) is 12.0. The van der Waals surface area contributed by atoms with Gasteiger partial charge in [-0.05, 0) is 56.5 Å². The zero-order valence-corrected chi connectivity index (χ0v) is 20.9. The highest BCUT2D eigenvalue weighted by Crippen LogP contribution is 2.50. The molecule has 188 valence electrons. The fourth-order valence-electron chi connectivity index (χ4n) is 4.14. The van der Waals surface area contributed by atoms with Crippen LogP contribution in [-0.2, 0) is 6.42 Å². The summed E-state index contributed by atoms with van der Waals surface area (Å²) in [5, 5.41) is 20.2. The fourth-order valence-corrected chi connectivity index (χ4v) is 5.81. The molecule has 2 aromatic carbocycles. The predicted octanol–water partition coefficient (Wildman–Crippen LogP) is 3.70. The monoisotopic (exact) mass is 490 g/mol. The van der Waals surface area contributed by atoms with Crippen LogP contribution in [0.25, 0.3) is 0 Å². The number of aliphatic hydroxyl groups excluding tert-OH is 1. The van der Waals surface area contributed by atoms with Crippen LogP contribution in [0.1, 0.15) is 42.6 Å². The molecule has 2 aromatic rings. The number of benzene rings is 2. The maximum absolute atomic E-state index is 13.4. The maximum atomic E-state index is 13.4. The van der Waals surface area contributed by atoms with Crippen molar-refractivity contribution in [1.29, 1.82) is 0 Å². The molecule has 1 aliphatic heterocycles. The minimum absolute atomic E-state index is 0.314. The van der Waals surface area contributed by atoms with Gasteiger partial charge in [-0.3, -0.25) is 18.2 Å². The van der Waals surface area contributed by atoms with Crippen molar-refractivity contribution in [3.8, 4) is 0 Å². The molecule has 1 amide bonds. The minimum atomic E-state index is -2.91. The van der Waals surface area contributed by atoms with Crippen molar-refractivity contribution in [2.24, 2.45) is 0 Å². The number of amides is 1. The van der Waals surface area contributed by atoms with Crippen molar-refractivity contribution in [2.45, 2.75) is 45.3 Å². The Kier molecular flexibility index (Phi) is 9.61. The summed E-state index contributed by atoms with van der Waals surface area (Å²) in [6, 6.07) is 14.6. The third kappa shape index (κ3) is 7.10. The SMILES string of the molecule is CCNC[C@@H](O)[C@H](Cc1ccccc1)NC(=O)c1cc(NCC)cc(N2CCCCS2(O)O)c1. The van der Waals surface area contributed by atoms with E-state index < -0.39 is 22.9 Å². The average molecular weight is 491 g/mol. The van der Waals surface area contributed by atoms with Crippen molar-refractivity contribution in [3.05, 3.63) is 59.7 Å². The van der Waals surface area contributed by atoms with Gasteiger partial charge in [-0.1, -0.05) is 37.3 Å².